The highest BCUT2D eigenvalue weighted by atomic mass is 14.7. The van der Waals surface area contributed by atoms with Crippen molar-refractivity contribution in [1.82, 2.24) is 4.98 Å². The number of nitrogens with zero attached hydrogens (tertiary/aromatic N) is 1. The first kappa shape index (κ1) is 19.6. The zero-order chi connectivity index (χ0) is 20.8. The molecule has 0 saturated heterocycles. The van der Waals surface area contributed by atoms with E-state index in [1.54, 1.807) is 0 Å². The first-order chi connectivity index (χ1) is 13.6. The Kier molecular flexibility index (Phi) is 4.73. The number of hydrogen-bond donors (Lipinski definition) is 0. The normalized spacial score (nSPS) is 12.6. The minimum absolute atomic E-state index is 0.0701. The first-order valence-electron chi connectivity index (χ1n) is 10.5. The van der Waals surface area contributed by atoms with Crippen molar-refractivity contribution >= 4 is 21.7 Å². The number of benzene rings is 3. The molecule has 1 nitrogen and oxygen atoms in total. The lowest BCUT2D eigenvalue weighted by molar-refractivity contribution is 0.412. The molecule has 0 unspecified atom stereocenters. The summed E-state index contributed by atoms with van der Waals surface area (Å²) in [7, 11) is 0. The Morgan fingerprint density at radius 1 is 0.724 bits per heavy atom. The predicted octanol–water partition coefficient (Wildman–Crippen LogP) is 7.94. The SMILES string of the molecule is CC(C)(C)Cc1cc(-c2cc(C(C)(C)C)c3ccccc3c2)nc2ccccc12. The molecule has 0 aliphatic rings. The fraction of sp³-hybridized carbons (Fsp3) is 0.321. The maximum atomic E-state index is 5.07. The molecule has 0 fully saturated rings. The van der Waals surface area contributed by atoms with Gasteiger partial charge in [-0.1, -0.05) is 84.0 Å². The van der Waals surface area contributed by atoms with E-state index in [1.165, 1.54) is 32.8 Å². The largest absolute Gasteiger partial charge is 0.248 e. The van der Waals surface area contributed by atoms with Gasteiger partial charge in [0, 0.05) is 10.9 Å². The van der Waals surface area contributed by atoms with Crippen LogP contribution in [-0.2, 0) is 11.8 Å². The van der Waals surface area contributed by atoms with Crippen LogP contribution in [0.2, 0.25) is 0 Å². The summed E-state index contributed by atoms with van der Waals surface area (Å²) in [4.78, 5) is 5.07. The molecule has 0 spiro atoms. The lowest BCUT2D eigenvalue weighted by atomic mass is 9.82. The van der Waals surface area contributed by atoms with Crippen LogP contribution >= 0.6 is 0 Å². The van der Waals surface area contributed by atoms with Gasteiger partial charge in [-0.2, -0.15) is 0 Å². The highest BCUT2D eigenvalue weighted by Gasteiger charge is 2.20. The summed E-state index contributed by atoms with van der Waals surface area (Å²) in [5.74, 6) is 0. The standard InChI is InChI=1S/C28H31N/c1-27(2,3)18-21-17-26(29-25-14-10-9-13-23(21)25)20-15-19-11-7-8-12-22(19)24(16-20)28(4,5)6/h7-17H,18H2,1-6H3. The van der Waals surface area contributed by atoms with Gasteiger partial charge in [0.15, 0.2) is 0 Å². The molecule has 4 rings (SSSR count). The van der Waals surface area contributed by atoms with Crippen LogP contribution in [0.4, 0.5) is 0 Å². The number of aromatic nitrogens is 1. The van der Waals surface area contributed by atoms with Crippen LogP contribution in [0.15, 0.2) is 66.7 Å². The molecule has 3 aromatic carbocycles. The summed E-state index contributed by atoms with van der Waals surface area (Å²) in [6.45, 7) is 13.8. The third-order valence-electron chi connectivity index (χ3n) is 5.49. The maximum absolute atomic E-state index is 5.07. The summed E-state index contributed by atoms with van der Waals surface area (Å²) >= 11 is 0. The highest BCUT2D eigenvalue weighted by Crippen LogP contribution is 2.36. The van der Waals surface area contributed by atoms with Gasteiger partial charge in [-0.15, -0.1) is 0 Å². The van der Waals surface area contributed by atoms with E-state index in [1.807, 2.05) is 0 Å². The second kappa shape index (κ2) is 6.99. The quantitative estimate of drug-likeness (QED) is 0.343. The Hall–Kier alpha value is -2.67. The van der Waals surface area contributed by atoms with Crippen molar-refractivity contribution in [1.29, 1.82) is 0 Å². The monoisotopic (exact) mass is 381 g/mol. The number of hydrogen-bond acceptors (Lipinski definition) is 1. The zero-order valence-electron chi connectivity index (χ0n) is 18.5. The van der Waals surface area contributed by atoms with Crippen molar-refractivity contribution < 1.29 is 0 Å². The summed E-state index contributed by atoms with van der Waals surface area (Å²) in [5.41, 5.74) is 6.40. The second-order valence-electron chi connectivity index (χ2n) is 10.4. The molecule has 0 bridgehead atoms. The van der Waals surface area contributed by atoms with Gasteiger partial charge in [-0.05, 0) is 63.4 Å². The molecule has 0 aliphatic carbocycles. The smallest absolute Gasteiger partial charge is 0.0712 e. The van der Waals surface area contributed by atoms with E-state index in [9.17, 15) is 0 Å². The molecule has 29 heavy (non-hydrogen) atoms. The van der Waals surface area contributed by atoms with E-state index in [4.69, 9.17) is 4.98 Å². The molecular formula is C28H31N. The van der Waals surface area contributed by atoms with Gasteiger partial charge in [-0.25, -0.2) is 4.98 Å². The lowest BCUT2D eigenvalue weighted by Gasteiger charge is -2.23. The Labute approximate surface area is 174 Å². The molecule has 0 aliphatic heterocycles. The zero-order valence-corrected chi connectivity index (χ0v) is 18.5. The molecular weight excluding hydrogens is 350 g/mol. The van der Waals surface area contributed by atoms with Gasteiger partial charge in [0.25, 0.3) is 0 Å². The Morgan fingerprint density at radius 3 is 2.07 bits per heavy atom. The maximum Gasteiger partial charge on any atom is 0.0712 e. The van der Waals surface area contributed by atoms with Crippen molar-refractivity contribution in [2.75, 3.05) is 0 Å². The van der Waals surface area contributed by atoms with Crippen molar-refractivity contribution in [3.63, 3.8) is 0 Å². The van der Waals surface area contributed by atoms with Gasteiger partial charge in [0.05, 0.1) is 11.2 Å². The van der Waals surface area contributed by atoms with Crippen LogP contribution in [-0.4, -0.2) is 4.98 Å². The summed E-state index contributed by atoms with van der Waals surface area (Å²) in [6, 6.07) is 24.2. The van der Waals surface area contributed by atoms with E-state index < -0.39 is 0 Å². The minimum Gasteiger partial charge on any atom is -0.248 e. The van der Waals surface area contributed by atoms with Crippen LogP contribution < -0.4 is 0 Å². The first-order valence-corrected chi connectivity index (χ1v) is 10.5. The summed E-state index contributed by atoms with van der Waals surface area (Å²) in [6.07, 6.45) is 1.03. The average molecular weight is 382 g/mol. The molecule has 0 saturated carbocycles. The molecule has 1 heterocycles. The van der Waals surface area contributed by atoms with Gasteiger partial charge in [0.2, 0.25) is 0 Å². The van der Waals surface area contributed by atoms with Crippen molar-refractivity contribution in [3.05, 3.63) is 77.9 Å². The molecule has 0 N–H and O–H groups in total. The molecule has 0 atom stereocenters. The van der Waals surface area contributed by atoms with Crippen LogP contribution in [0.5, 0.6) is 0 Å². The molecule has 0 amide bonds. The lowest BCUT2D eigenvalue weighted by Crippen LogP contribution is -2.12. The molecule has 1 aromatic heterocycles. The van der Waals surface area contributed by atoms with Gasteiger partial charge in [0.1, 0.15) is 0 Å². The van der Waals surface area contributed by atoms with Gasteiger partial charge < -0.3 is 0 Å². The van der Waals surface area contributed by atoms with Gasteiger partial charge in [-0.3, -0.25) is 0 Å². The molecule has 148 valence electrons. The van der Waals surface area contributed by atoms with Crippen molar-refractivity contribution in [2.45, 2.75) is 53.4 Å². The summed E-state index contributed by atoms with van der Waals surface area (Å²) < 4.78 is 0. The van der Waals surface area contributed by atoms with Crippen LogP contribution in [0.1, 0.15) is 52.7 Å². The fourth-order valence-corrected chi connectivity index (χ4v) is 4.19. The molecule has 4 aromatic rings. The number of rotatable bonds is 2. The van der Waals surface area contributed by atoms with Crippen molar-refractivity contribution in [2.24, 2.45) is 5.41 Å². The topological polar surface area (TPSA) is 12.9 Å². The second-order valence-corrected chi connectivity index (χ2v) is 10.4. The van der Waals surface area contributed by atoms with E-state index in [0.29, 0.717) is 0 Å². The Balaban J connectivity index is 1.98. The van der Waals surface area contributed by atoms with E-state index in [2.05, 4.69) is 108 Å². The van der Waals surface area contributed by atoms with E-state index in [0.717, 1.165) is 17.6 Å². The third-order valence-corrected chi connectivity index (χ3v) is 5.49. The predicted molar refractivity (Wildman–Crippen MR) is 127 cm³/mol. The van der Waals surface area contributed by atoms with E-state index in [-0.39, 0.29) is 10.8 Å². The summed E-state index contributed by atoms with van der Waals surface area (Å²) in [5, 5.41) is 3.88. The van der Waals surface area contributed by atoms with Gasteiger partial charge >= 0.3 is 0 Å². The fourth-order valence-electron chi connectivity index (χ4n) is 4.19. The van der Waals surface area contributed by atoms with Crippen LogP contribution in [0, 0.1) is 5.41 Å². The Morgan fingerprint density at radius 2 is 1.38 bits per heavy atom. The van der Waals surface area contributed by atoms with Crippen LogP contribution in [0.3, 0.4) is 0 Å². The highest BCUT2D eigenvalue weighted by molar-refractivity contribution is 5.92. The Bertz CT molecular complexity index is 1190. The van der Waals surface area contributed by atoms with E-state index >= 15 is 0 Å². The van der Waals surface area contributed by atoms with Crippen molar-refractivity contribution in [3.8, 4) is 11.3 Å². The molecule has 1 heteroatoms. The number of fused-ring (bicyclic) bond motifs is 2. The van der Waals surface area contributed by atoms with Crippen LogP contribution in [0.25, 0.3) is 32.9 Å². The number of para-hydroxylation sites is 1. The number of pyridine rings is 1. The minimum atomic E-state index is 0.0701. The average Bonchev–Trinajstić information content (AvgIpc) is 2.65. The third kappa shape index (κ3) is 4.05. The molecule has 0 radical (unpaired) electrons.